The van der Waals surface area contributed by atoms with Crippen LogP contribution in [-0.2, 0) is 12.6 Å². The Labute approximate surface area is 176 Å². The summed E-state index contributed by atoms with van der Waals surface area (Å²) in [4.78, 5) is 11.8. The number of alkyl halides is 3. The van der Waals surface area contributed by atoms with Crippen molar-refractivity contribution in [2.24, 2.45) is 4.99 Å². The number of rotatable bonds is 7. The highest BCUT2D eigenvalue weighted by molar-refractivity contribution is 14.0. The number of aromatic nitrogens is 2. The Hall–Kier alpha value is -1.47. The smallest absolute Gasteiger partial charge is 0.386 e. The van der Waals surface area contributed by atoms with Gasteiger partial charge >= 0.3 is 6.18 Å². The first kappa shape index (κ1) is 23.6. The van der Waals surface area contributed by atoms with Gasteiger partial charge in [0, 0.05) is 37.3 Å². The van der Waals surface area contributed by atoms with Crippen molar-refractivity contribution in [1.82, 2.24) is 20.6 Å². The average molecular weight is 515 g/mol. The molecule has 1 unspecified atom stereocenters. The fourth-order valence-electron chi connectivity index (χ4n) is 2.05. The molecule has 11 heteroatoms. The molecule has 0 aliphatic rings. The van der Waals surface area contributed by atoms with E-state index in [-0.39, 0.29) is 30.5 Å². The SMILES string of the molecule is CCNC(=NCC(O)c1ccncc1)NCCc1nc(C(F)(F)F)cs1.I. The fourth-order valence-corrected chi connectivity index (χ4v) is 2.86. The molecule has 6 nitrogen and oxygen atoms in total. The number of aliphatic hydroxyl groups is 1. The second-order valence-electron chi connectivity index (χ2n) is 5.32. The molecule has 0 saturated carbocycles. The highest BCUT2D eigenvalue weighted by Gasteiger charge is 2.33. The van der Waals surface area contributed by atoms with E-state index in [2.05, 4.69) is 25.6 Å². The second kappa shape index (κ2) is 11.4. The molecule has 0 saturated heterocycles. The van der Waals surface area contributed by atoms with E-state index >= 15 is 0 Å². The number of nitrogens with one attached hydrogen (secondary N) is 2. The van der Waals surface area contributed by atoms with E-state index in [1.165, 1.54) is 0 Å². The Bertz CT molecular complexity index is 712. The summed E-state index contributed by atoms with van der Waals surface area (Å²) in [6, 6.07) is 3.42. The molecule has 0 bridgehead atoms. The van der Waals surface area contributed by atoms with Gasteiger partial charge in [0.1, 0.15) is 0 Å². The second-order valence-corrected chi connectivity index (χ2v) is 6.26. The first-order valence-electron chi connectivity index (χ1n) is 8.02. The van der Waals surface area contributed by atoms with Crippen molar-refractivity contribution < 1.29 is 18.3 Å². The number of aliphatic imine (C=N–C) groups is 1. The molecule has 0 aromatic carbocycles. The zero-order chi connectivity index (χ0) is 19.0. The maximum absolute atomic E-state index is 12.5. The largest absolute Gasteiger partial charge is 0.434 e. The topological polar surface area (TPSA) is 82.4 Å². The first-order valence-corrected chi connectivity index (χ1v) is 8.90. The maximum Gasteiger partial charge on any atom is 0.434 e. The maximum atomic E-state index is 12.5. The molecule has 0 aliphatic carbocycles. The summed E-state index contributed by atoms with van der Waals surface area (Å²) in [5.74, 6) is 0.480. The van der Waals surface area contributed by atoms with Crippen LogP contribution in [0.25, 0.3) is 0 Å². The number of thiazole rings is 1. The van der Waals surface area contributed by atoms with Crippen LogP contribution in [0.4, 0.5) is 13.2 Å². The molecule has 0 amide bonds. The molecule has 0 radical (unpaired) electrons. The zero-order valence-corrected chi connectivity index (χ0v) is 17.7. The van der Waals surface area contributed by atoms with Gasteiger partial charge in [-0.2, -0.15) is 13.2 Å². The molecule has 3 N–H and O–H groups in total. The number of nitrogens with zero attached hydrogens (tertiary/aromatic N) is 3. The van der Waals surface area contributed by atoms with Crippen LogP contribution in [-0.4, -0.2) is 40.7 Å². The summed E-state index contributed by atoms with van der Waals surface area (Å²) in [6.07, 6.45) is -1.65. The summed E-state index contributed by atoms with van der Waals surface area (Å²) < 4.78 is 37.6. The fraction of sp³-hybridized carbons (Fsp3) is 0.438. The molecular formula is C16H21F3IN5OS. The average Bonchev–Trinajstić information content (AvgIpc) is 3.09. The van der Waals surface area contributed by atoms with Crippen LogP contribution in [0.1, 0.15) is 29.3 Å². The Kier molecular flexibility index (Phi) is 9.94. The van der Waals surface area contributed by atoms with Crippen LogP contribution in [0.5, 0.6) is 0 Å². The Morgan fingerprint density at radius 2 is 2.00 bits per heavy atom. The summed E-state index contributed by atoms with van der Waals surface area (Å²) in [5.41, 5.74) is -0.152. The standard InChI is InChI=1S/C16H20F3N5OS.HI/c1-2-21-15(23-9-12(25)11-3-6-20-7-4-11)22-8-5-14-24-13(10-26-14)16(17,18)19;/h3-4,6-7,10,12,25H,2,5,8-9H2,1H3,(H2,21,22,23);1H. The summed E-state index contributed by atoms with van der Waals surface area (Å²) in [7, 11) is 0. The molecule has 2 aromatic heterocycles. The zero-order valence-electron chi connectivity index (χ0n) is 14.5. The lowest BCUT2D eigenvalue weighted by molar-refractivity contribution is -0.140. The van der Waals surface area contributed by atoms with E-state index in [0.29, 0.717) is 36.0 Å². The van der Waals surface area contributed by atoms with Gasteiger partial charge < -0.3 is 15.7 Å². The third-order valence-corrected chi connectivity index (χ3v) is 4.24. The van der Waals surface area contributed by atoms with Gasteiger partial charge in [0.2, 0.25) is 0 Å². The van der Waals surface area contributed by atoms with E-state index in [1.807, 2.05) is 6.92 Å². The summed E-state index contributed by atoms with van der Waals surface area (Å²) in [5, 5.41) is 17.6. The minimum absolute atomic E-state index is 0. The highest BCUT2D eigenvalue weighted by Crippen LogP contribution is 2.29. The molecule has 150 valence electrons. The monoisotopic (exact) mass is 515 g/mol. The van der Waals surface area contributed by atoms with Gasteiger partial charge in [0.25, 0.3) is 0 Å². The normalized spacial score (nSPS) is 13.0. The lowest BCUT2D eigenvalue weighted by Gasteiger charge is -2.13. The molecule has 2 rings (SSSR count). The van der Waals surface area contributed by atoms with Crippen LogP contribution in [0.15, 0.2) is 34.9 Å². The number of aliphatic hydroxyl groups excluding tert-OH is 1. The molecule has 0 spiro atoms. The minimum atomic E-state index is -4.42. The van der Waals surface area contributed by atoms with Crippen molar-refractivity contribution >= 4 is 41.3 Å². The van der Waals surface area contributed by atoms with Crippen molar-refractivity contribution in [3.63, 3.8) is 0 Å². The van der Waals surface area contributed by atoms with Gasteiger partial charge in [0.05, 0.1) is 17.7 Å². The third-order valence-electron chi connectivity index (χ3n) is 3.33. The number of halogens is 4. The number of guanidine groups is 1. The Morgan fingerprint density at radius 1 is 1.30 bits per heavy atom. The van der Waals surface area contributed by atoms with E-state index in [4.69, 9.17) is 0 Å². The predicted octanol–water partition coefficient (Wildman–Crippen LogP) is 3.01. The number of hydrogen-bond acceptors (Lipinski definition) is 5. The number of hydrogen-bond donors (Lipinski definition) is 3. The van der Waals surface area contributed by atoms with Crippen LogP contribution < -0.4 is 10.6 Å². The van der Waals surface area contributed by atoms with E-state index in [9.17, 15) is 18.3 Å². The molecule has 1 atom stereocenters. The van der Waals surface area contributed by atoms with Crippen molar-refractivity contribution in [2.75, 3.05) is 19.6 Å². The van der Waals surface area contributed by atoms with Gasteiger partial charge in [0.15, 0.2) is 11.7 Å². The van der Waals surface area contributed by atoms with Gasteiger partial charge in [-0.25, -0.2) is 4.98 Å². The van der Waals surface area contributed by atoms with E-state index in [1.54, 1.807) is 24.5 Å². The van der Waals surface area contributed by atoms with Gasteiger partial charge in [-0.3, -0.25) is 9.98 Å². The van der Waals surface area contributed by atoms with Crippen LogP contribution in [0.2, 0.25) is 0 Å². The molecular weight excluding hydrogens is 494 g/mol. The van der Waals surface area contributed by atoms with Crippen molar-refractivity contribution in [3.05, 3.63) is 46.2 Å². The third kappa shape index (κ3) is 7.97. The lowest BCUT2D eigenvalue weighted by atomic mass is 10.1. The van der Waals surface area contributed by atoms with Gasteiger partial charge in [-0.1, -0.05) is 0 Å². The van der Waals surface area contributed by atoms with Crippen molar-refractivity contribution in [1.29, 1.82) is 0 Å². The minimum Gasteiger partial charge on any atom is -0.386 e. The summed E-state index contributed by atoms with van der Waals surface area (Å²) >= 11 is 0.980. The van der Waals surface area contributed by atoms with Crippen LogP contribution in [0.3, 0.4) is 0 Å². The van der Waals surface area contributed by atoms with Crippen molar-refractivity contribution in [2.45, 2.75) is 25.6 Å². The van der Waals surface area contributed by atoms with Gasteiger partial charge in [-0.05, 0) is 24.6 Å². The van der Waals surface area contributed by atoms with Crippen molar-refractivity contribution in [3.8, 4) is 0 Å². The lowest BCUT2D eigenvalue weighted by Crippen LogP contribution is -2.38. The predicted molar refractivity (Wildman–Crippen MR) is 109 cm³/mol. The van der Waals surface area contributed by atoms with Crippen LogP contribution >= 0.6 is 35.3 Å². The Balaban J connectivity index is 0.00000364. The molecule has 2 heterocycles. The quantitative estimate of drug-likeness (QED) is 0.300. The highest BCUT2D eigenvalue weighted by atomic mass is 127. The molecule has 0 fully saturated rings. The van der Waals surface area contributed by atoms with E-state index < -0.39 is 18.0 Å². The van der Waals surface area contributed by atoms with E-state index in [0.717, 1.165) is 16.7 Å². The molecule has 2 aromatic rings. The first-order chi connectivity index (χ1) is 12.4. The van der Waals surface area contributed by atoms with Gasteiger partial charge in [-0.15, -0.1) is 35.3 Å². The summed E-state index contributed by atoms with van der Waals surface area (Å²) in [6.45, 7) is 3.04. The molecule has 27 heavy (non-hydrogen) atoms. The molecule has 0 aliphatic heterocycles. The number of pyridine rings is 1. The van der Waals surface area contributed by atoms with Crippen LogP contribution in [0, 0.1) is 0 Å². The Morgan fingerprint density at radius 3 is 2.59 bits per heavy atom.